The minimum atomic E-state index is -4.86. The maximum atomic E-state index is 12.7. The largest absolute Gasteiger partial charge is 0.495 e. The van der Waals surface area contributed by atoms with Gasteiger partial charge in [-0.1, -0.05) is 24.3 Å². The van der Waals surface area contributed by atoms with Gasteiger partial charge < -0.3 is 14.7 Å². The first-order chi connectivity index (χ1) is 16.4. The molecule has 0 aromatic heterocycles. The number of amides is 1. The molecule has 1 aliphatic heterocycles. The second kappa shape index (κ2) is 10.6. The highest BCUT2D eigenvalue weighted by Gasteiger charge is 2.43. The van der Waals surface area contributed by atoms with Crippen LogP contribution in [0.2, 0.25) is 0 Å². The predicted octanol–water partition coefficient (Wildman–Crippen LogP) is 3.18. The third-order valence-electron chi connectivity index (χ3n) is 5.88. The van der Waals surface area contributed by atoms with Gasteiger partial charge in [0, 0.05) is 19.6 Å². The van der Waals surface area contributed by atoms with Crippen molar-refractivity contribution in [2.45, 2.75) is 36.3 Å². The van der Waals surface area contributed by atoms with Crippen LogP contribution in [0.3, 0.4) is 0 Å². The summed E-state index contributed by atoms with van der Waals surface area (Å²) in [4.78, 5) is 23.1. The molecule has 0 unspecified atom stereocenters. The fraction of sp³-hybridized carbons (Fsp3) is 0.391. The van der Waals surface area contributed by atoms with Crippen molar-refractivity contribution < 1.29 is 41.0 Å². The van der Waals surface area contributed by atoms with E-state index < -0.39 is 28.1 Å². The van der Waals surface area contributed by atoms with E-state index in [1.54, 1.807) is 0 Å². The van der Waals surface area contributed by atoms with Gasteiger partial charge in [-0.15, -0.1) is 0 Å². The first-order valence-electron chi connectivity index (χ1n) is 10.8. The van der Waals surface area contributed by atoms with E-state index in [1.165, 1.54) is 19.2 Å². The molecule has 1 saturated heterocycles. The number of ether oxygens (including phenoxy) is 1. The molecule has 0 spiro atoms. The lowest BCUT2D eigenvalue weighted by Gasteiger charge is -2.32. The predicted molar refractivity (Wildman–Crippen MR) is 120 cm³/mol. The van der Waals surface area contributed by atoms with Crippen LogP contribution in [0.1, 0.15) is 40.2 Å². The van der Waals surface area contributed by atoms with Gasteiger partial charge in [0.25, 0.3) is 0 Å². The smallest absolute Gasteiger partial charge is 0.471 e. The maximum absolute atomic E-state index is 12.7. The molecule has 2 N–H and O–H groups in total. The second-order valence-corrected chi connectivity index (χ2v) is 9.86. The molecule has 1 heterocycles. The number of nitrogens with zero attached hydrogens (tertiary/aromatic N) is 1. The van der Waals surface area contributed by atoms with Gasteiger partial charge in [-0.25, -0.2) is 17.9 Å². The fourth-order valence-electron chi connectivity index (χ4n) is 3.98. The summed E-state index contributed by atoms with van der Waals surface area (Å²) >= 11 is 0. The first kappa shape index (κ1) is 26.5. The molecule has 1 fully saturated rings. The first-order valence-corrected chi connectivity index (χ1v) is 12.3. The third kappa shape index (κ3) is 6.51. The summed E-state index contributed by atoms with van der Waals surface area (Å²) < 4.78 is 70.7. The van der Waals surface area contributed by atoms with E-state index >= 15 is 0 Å². The molecule has 2 aromatic carbocycles. The topological polar surface area (TPSA) is 113 Å². The standard InChI is InChI=1S/C23H25F3N2O6S/c1-34-19-7-6-18(21(29)30)14-20(19)35(32,33)27-11-8-15-2-4-16(5-3-15)17-9-12-28(13-10-17)22(31)23(24,25)26/h2-7,14,17,27H,8-13H2,1H3,(H,29,30). The number of sulfonamides is 1. The summed E-state index contributed by atoms with van der Waals surface area (Å²) in [7, 11) is -2.74. The van der Waals surface area contributed by atoms with E-state index in [2.05, 4.69) is 4.72 Å². The van der Waals surface area contributed by atoms with E-state index in [0.717, 1.165) is 22.1 Å². The van der Waals surface area contributed by atoms with Crippen LogP contribution in [0.25, 0.3) is 0 Å². The fourth-order valence-corrected chi connectivity index (χ4v) is 5.20. The molecule has 1 aliphatic rings. The molecule has 0 radical (unpaired) electrons. The van der Waals surface area contributed by atoms with Crippen LogP contribution in [0.4, 0.5) is 13.2 Å². The van der Waals surface area contributed by atoms with Crippen LogP contribution in [0.5, 0.6) is 5.75 Å². The van der Waals surface area contributed by atoms with Crippen LogP contribution in [0, 0.1) is 0 Å². The Balaban J connectivity index is 1.56. The molecule has 35 heavy (non-hydrogen) atoms. The number of nitrogens with one attached hydrogen (secondary N) is 1. The van der Waals surface area contributed by atoms with Crippen molar-refractivity contribution in [2.24, 2.45) is 0 Å². The molecule has 0 bridgehead atoms. The maximum Gasteiger partial charge on any atom is 0.471 e. The van der Waals surface area contributed by atoms with E-state index in [1.807, 2.05) is 24.3 Å². The zero-order valence-electron chi connectivity index (χ0n) is 18.8. The van der Waals surface area contributed by atoms with Gasteiger partial charge >= 0.3 is 18.1 Å². The monoisotopic (exact) mass is 514 g/mol. The normalized spacial score (nSPS) is 15.1. The molecule has 0 saturated carbocycles. The molecule has 1 amide bonds. The number of hydrogen-bond acceptors (Lipinski definition) is 5. The number of piperidine rings is 1. The van der Waals surface area contributed by atoms with Gasteiger partial charge in [0.2, 0.25) is 10.0 Å². The number of carboxylic acids is 1. The zero-order chi connectivity index (χ0) is 25.8. The van der Waals surface area contributed by atoms with Crippen molar-refractivity contribution in [3.63, 3.8) is 0 Å². The average molecular weight is 515 g/mol. The minimum absolute atomic E-state index is 0.0230. The number of carbonyl (C=O) groups excluding carboxylic acids is 1. The van der Waals surface area contributed by atoms with Crippen molar-refractivity contribution >= 4 is 21.9 Å². The van der Waals surface area contributed by atoms with Crippen molar-refractivity contribution in [1.82, 2.24) is 9.62 Å². The average Bonchev–Trinajstić information content (AvgIpc) is 2.83. The summed E-state index contributed by atoms with van der Waals surface area (Å²) in [6.07, 6.45) is -3.64. The number of halogens is 3. The van der Waals surface area contributed by atoms with Crippen LogP contribution in [-0.4, -0.2) is 63.2 Å². The van der Waals surface area contributed by atoms with Gasteiger partial charge in [-0.3, -0.25) is 4.79 Å². The lowest BCUT2D eigenvalue weighted by molar-refractivity contribution is -0.186. The van der Waals surface area contributed by atoms with Crippen LogP contribution in [-0.2, 0) is 21.2 Å². The number of alkyl halides is 3. The number of aromatic carboxylic acids is 1. The van der Waals surface area contributed by atoms with Crippen molar-refractivity contribution in [3.05, 3.63) is 59.2 Å². The van der Waals surface area contributed by atoms with Gasteiger partial charge in [-0.05, 0) is 54.5 Å². The number of hydrogen-bond donors (Lipinski definition) is 2. The number of rotatable bonds is 8. The third-order valence-corrected chi connectivity index (χ3v) is 7.36. The Morgan fingerprint density at radius 2 is 1.74 bits per heavy atom. The Kier molecular flexibility index (Phi) is 8.06. The minimum Gasteiger partial charge on any atom is -0.495 e. The van der Waals surface area contributed by atoms with Gasteiger partial charge in [0.15, 0.2) is 0 Å². The molecule has 12 heteroatoms. The van der Waals surface area contributed by atoms with Crippen molar-refractivity contribution in [2.75, 3.05) is 26.7 Å². The molecule has 190 valence electrons. The van der Waals surface area contributed by atoms with E-state index in [9.17, 15) is 31.2 Å². The van der Waals surface area contributed by atoms with Gasteiger partial charge in [0.1, 0.15) is 10.6 Å². The molecule has 2 aromatic rings. The second-order valence-electron chi connectivity index (χ2n) is 8.12. The molecular weight excluding hydrogens is 489 g/mol. The Bertz CT molecular complexity index is 1170. The highest BCUT2D eigenvalue weighted by Crippen LogP contribution is 2.30. The quantitative estimate of drug-likeness (QED) is 0.560. The summed E-state index contributed by atoms with van der Waals surface area (Å²) in [5.74, 6) is -3.01. The number of carboxylic acid groups (broad SMARTS) is 1. The summed E-state index contributed by atoms with van der Waals surface area (Å²) in [5.41, 5.74) is 1.60. The van der Waals surface area contributed by atoms with Crippen molar-refractivity contribution in [1.29, 1.82) is 0 Å². The van der Waals surface area contributed by atoms with Crippen molar-refractivity contribution in [3.8, 4) is 5.75 Å². The molecule has 8 nitrogen and oxygen atoms in total. The highest BCUT2D eigenvalue weighted by molar-refractivity contribution is 7.89. The highest BCUT2D eigenvalue weighted by atomic mass is 32.2. The lowest BCUT2D eigenvalue weighted by Crippen LogP contribution is -2.45. The lowest BCUT2D eigenvalue weighted by atomic mass is 9.89. The number of benzene rings is 2. The van der Waals surface area contributed by atoms with Crippen LogP contribution < -0.4 is 9.46 Å². The number of likely N-dealkylation sites (tertiary alicyclic amines) is 1. The van der Waals surface area contributed by atoms with Gasteiger partial charge in [0.05, 0.1) is 12.7 Å². The van der Waals surface area contributed by atoms with Gasteiger partial charge in [-0.2, -0.15) is 13.2 Å². The van der Waals surface area contributed by atoms with Crippen LogP contribution in [0.15, 0.2) is 47.4 Å². The molecule has 3 rings (SSSR count). The molecule has 0 aliphatic carbocycles. The molecular formula is C23H25F3N2O6S. The van der Waals surface area contributed by atoms with E-state index in [-0.39, 0.29) is 41.8 Å². The summed E-state index contributed by atoms with van der Waals surface area (Å²) in [6.45, 7) is 0.137. The van der Waals surface area contributed by atoms with E-state index in [4.69, 9.17) is 9.84 Å². The molecule has 0 atom stereocenters. The number of methoxy groups -OCH3 is 1. The Morgan fingerprint density at radius 1 is 1.11 bits per heavy atom. The number of carbonyl (C=O) groups is 2. The van der Waals surface area contributed by atoms with E-state index in [0.29, 0.717) is 19.3 Å². The summed E-state index contributed by atoms with van der Waals surface area (Å²) in [6, 6.07) is 10.9. The Labute approximate surface area is 200 Å². The van der Waals surface area contributed by atoms with Crippen LogP contribution >= 0.6 is 0 Å². The summed E-state index contributed by atoms with van der Waals surface area (Å²) in [5, 5.41) is 9.13. The SMILES string of the molecule is COc1ccc(C(=O)O)cc1S(=O)(=O)NCCc1ccc(C2CCN(C(=O)C(F)(F)F)CC2)cc1. The zero-order valence-corrected chi connectivity index (χ0v) is 19.7. The Morgan fingerprint density at radius 3 is 2.29 bits per heavy atom. The Hall–Kier alpha value is -3.12.